The maximum Gasteiger partial charge on any atom is 0.0102 e. The van der Waals surface area contributed by atoms with E-state index in [4.69, 9.17) is 5.73 Å². The maximum absolute atomic E-state index is 5.97. The second-order valence-corrected chi connectivity index (χ2v) is 5.18. The zero-order valence-corrected chi connectivity index (χ0v) is 9.34. The van der Waals surface area contributed by atoms with E-state index in [-0.39, 0.29) is 0 Å². The lowest BCUT2D eigenvalue weighted by atomic mass is 9.91. The molecule has 2 aliphatic rings. The largest absolute Gasteiger partial charge is 0.328 e. The minimum atomic E-state index is 0.463. The van der Waals surface area contributed by atoms with Crippen molar-refractivity contribution in [2.75, 3.05) is 0 Å². The number of nitrogens with two attached hydrogens (primary N) is 1. The predicted octanol–water partition coefficient (Wildman–Crippen LogP) is 2.03. The summed E-state index contributed by atoms with van der Waals surface area (Å²) in [6.07, 6.45) is 9.28. The van der Waals surface area contributed by atoms with E-state index in [1.54, 1.807) is 0 Å². The summed E-state index contributed by atoms with van der Waals surface area (Å²) in [6, 6.07) is 2.03. The summed E-state index contributed by atoms with van der Waals surface area (Å²) in [4.78, 5) is 0. The van der Waals surface area contributed by atoms with Crippen LogP contribution in [0.3, 0.4) is 0 Å². The van der Waals surface area contributed by atoms with Crippen molar-refractivity contribution < 1.29 is 0 Å². The van der Waals surface area contributed by atoms with Crippen LogP contribution >= 0.6 is 0 Å². The lowest BCUT2D eigenvalue weighted by molar-refractivity contribution is 0.332. The Hall–Kier alpha value is -0.0800. The second-order valence-electron chi connectivity index (χ2n) is 5.18. The molecule has 0 aromatic heterocycles. The summed E-state index contributed by atoms with van der Waals surface area (Å²) in [7, 11) is 0. The molecule has 82 valence electrons. The molecule has 0 spiro atoms. The van der Waals surface area contributed by atoms with Gasteiger partial charge in [0.05, 0.1) is 0 Å². The highest BCUT2D eigenvalue weighted by atomic mass is 15.0. The molecular formula is C12H24N2. The van der Waals surface area contributed by atoms with Gasteiger partial charge in [-0.3, -0.25) is 0 Å². The Morgan fingerprint density at radius 1 is 1.29 bits per heavy atom. The standard InChI is InChI=1S/C12H24N2/c1-2-4-9-7-12(9)14-11-6-3-5-10(13)8-11/h9-12,14H,2-8,13H2,1H3. The van der Waals surface area contributed by atoms with Gasteiger partial charge >= 0.3 is 0 Å². The van der Waals surface area contributed by atoms with Gasteiger partial charge in [0, 0.05) is 18.1 Å². The van der Waals surface area contributed by atoms with E-state index in [1.807, 2.05) is 0 Å². The van der Waals surface area contributed by atoms with E-state index < -0.39 is 0 Å². The molecule has 4 unspecified atom stereocenters. The van der Waals surface area contributed by atoms with Gasteiger partial charge in [-0.25, -0.2) is 0 Å². The van der Waals surface area contributed by atoms with Crippen molar-refractivity contribution in [3.05, 3.63) is 0 Å². The Morgan fingerprint density at radius 3 is 2.86 bits per heavy atom. The van der Waals surface area contributed by atoms with E-state index in [2.05, 4.69) is 12.2 Å². The molecule has 0 saturated heterocycles. The fourth-order valence-electron chi connectivity index (χ4n) is 2.82. The minimum absolute atomic E-state index is 0.463. The Bertz CT molecular complexity index is 181. The van der Waals surface area contributed by atoms with Gasteiger partial charge in [0.1, 0.15) is 0 Å². The molecule has 2 heteroatoms. The molecule has 2 fully saturated rings. The van der Waals surface area contributed by atoms with E-state index in [9.17, 15) is 0 Å². The van der Waals surface area contributed by atoms with Crippen LogP contribution in [0.2, 0.25) is 0 Å². The predicted molar refractivity (Wildman–Crippen MR) is 60.2 cm³/mol. The van der Waals surface area contributed by atoms with Gasteiger partial charge in [0.2, 0.25) is 0 Å². The first-order chi connectivity index (χ1) is 6.79. The van der Waals surface area contributed by atoms with E-state index in [0.29, 0.717) is 6.04 Å². The first-order valence-electron chi connectivity index (χ1n) is 6.31. The Labute approximate surface area is 87.6 Å². The summed E-state index contributed by atoms with van der Waals surface area (Å²) >= 11 is 0. The normalized spacial score (nSPS) is 42.4. The summed E-state index contributed by atoms with van der Waals surface area (Å²) < 4.78 is 0. The van der Waals surface area contributed by atoms with Crippen molar-refractivity contribution in [3.63, 3.8) is 0 Å². The average Bonchev–Trinajstić information content (AvgIpc) is 2.84. The molecule has 2 aliphatic carbocycles. The maximum atomic E-state index is 5.97. The molecule has 2 saturated carbocycles. The van der Waals surface area contributed by atoms with Gasteiger partial charge in [-0.2, -0.15) is 0 Å². The van der Waals surface area contributed by atoms with Crippen LogP contribution in [0.25, 0.3) is 0 Å². The minimum Gasteiger partial charge on any atom is -0.328 e. The van der Waals surface area contributed by atoms with Gasteiger partial charge in [0.15, 0.2) is 0 Å². The summed E-state index contributed by atoms with van der Waals surface area (Å²) in [6.45, 7) is 2.28. The Kier molecular flexibility index (Phi) is 3.45. The Balaban J connectivity index is 1.66. The number of hydrogen-bond acceptors (Lipinski definition) is 2. The third-order valence-corrected chi connectivity index (χ3v) is 3.75. The monoisotopic (exact) mass is 196 g/mol. The van der Waals surface area contributed by atoms with Crippen LogP contribution < -0.4 is 11.1 Å². The van der Waals surface area contributed by atoms with Crippen LogP contribution in [0.1, 0.15) is 51.9 Å². The van der Waals surface area contributed by atoms with E-state index >= 15 is 0 Å². The summed E-state index contributed by atoms with van der Waals surface area (Å²) in [5, 5.41) is 3.78. The van der Waals surface area contributed by atoms with Crippen molar-refractivity contribution in [2.24, 2.45) is 11.7 Å². The molecule has 0 radical (unpaired) electrons. The summed E-state index contributed by atoms with van der Waals surface area (Å²) in [5.74, 6) is 0.984. The van der Waals surface area contributed by atoms with Crippen molar-refractivity contribution in [3.8, 4) is 0 Å². The molecule has 0 aromatic carbocycles. The Morgan fingerprint density at radius 2 is 2.14 bits per heavy atom. The molecule has 0 aromatic rings. The topological polar surface area (TPSA) is 38.0 Å². The van der Waals surface area contributed by atoms with Crippen LogP contribution in [0.15, 0.2) is 0 Å². The van der Waals surface area contributed by atoms with Crippen molar-refractivity contribution in [2.45, 2.75) is 70.0 Å². The third kappa shape index (κ3) is 2.71. The lowest BCUT2D eigenvalue weighted by Gasteiger charge is -2.27. The zero-order chi connectivity index (χ0) is 9.97. The van der Waals surface area contributed by atoms with Crippen molar-refractivity contribution in [1.82, 2.24) is 5.32 Å². The third-order valence-electron chi connectivity index (χ3n) is 3.75. The SMILES string of the molecule is CCCC1CC1NC1CCCC(N)C1. The molecular weight excluding hydrogens is 172 g/mol. The van der Waals surface area contributed by atoms with Crippen molar-refractivity contribution in [1.29, 1.82) is 0 Å². The molecule has 14 heavy (non-hydrogen) atoms. The molecule has 0 heterocycles. The number of rotatable bonds is 4. The quantitative estimate of drug-likeness (QED) is 0.722. The van der Waals surface area contributed by atoms with Crippen molar-refractivity contribution >= 4 is 0 Å². The zero-order valence-electron chi connectivity index (χ0n) is 9.34. The van der Waals surface area contributed by atoms with Crippen LogP contribution in [-0.2, 0) is 0 Å². The summed E-state index contributed by atoms with van der Waals surface area (Å²) in [5.41, 5.74) is 5.97. The molecule has 2 rings (SSSR count). The fraction of sp³-hybridized carbons (Fsp3) is 1.00. The molecule has 0 aliphatic heterocycles. The number of hydrogen-bond donors (Lipinski definition) is 2. The highest BCUT2D eigenvalue weighted by molar-refractivity contribution is 4.95. The highest BCUT2D eigenvalue weighted by Gasteiger charge is 2.37. The van der Waals surface area contributed by atoms with Gasteiger partial charge in [-0.1, -0.05) is 19.8 Å². The lowest BCUT2D eigenvalue weighted by Crippen LogP contribution is -2.40. The highest BCUT2D eigenvalue weighted by Crippen LogP contribution is 2.35. The molecule has 0 bridgehead atoms. The van der Waals surface area contributed by atoms with Gasteiger partial charge in [0.25, 0.3) is 0 Å². The smallest absolute Gasteiger partial charge is 0.0102 e. The van der Waals surface area contributed by atoms with Crippen LogP contribution in [0.4, 0.5) is 0 Å². The van der Waals surface area contributed by atoms with E-state index in [0.717, 1.165) is 18.0 Å². The first-order valence-corrected chi connectivity index (χ1v) is 6.31. The van der Waals surface area contributed by atoms with Crippen LogP contribution in [0.5, 0.6) is 0 Å². The molecule has 3 N–H and O–H groups in total. The fourth-order valence-corrected chi connectivity index (χ4v) is 2.82. The first kappa shape index (κ1) is 10.4. The molecule has 4 atom stereocenters. The molecule has 0 amide bonds. The van der Waals surface area contributed by atoms with Gasteiger partial charge in [-0.05, 0) is 38.0 Å². The van der Waals surface area contributed by atoms with E-state index in [1.165, 1.54) is 44.9 Å². The van der Waals surface area contributed by atoms with Gasteiger partial charge in [-0.15, -0.1) is 0 Å². The van der Waals surface area contributed by atoms with Gasteiger partial charge < -0.3 is 11.1 Å². The second kappa shape index (κ2) is 4.63. The average molecular weight is 196 g/mol. The molecule has 2 nitrogen and oxygen atoms in total. The van der Waals surface area contributed by atoms with Crippen LogP contribution in [-0.4, -0.2) is 18.1 Å². The number of nitrogens with one attached hydrogen (secondary N) is 1. The van der Waals surface area contributed by atoms with Crippen LogP contribution in [0, 0.1) is 5.92 Å².